The van der Waals surface area contributed by atoms with E-state index in [0.29, 0.717) is 19.1 Å². The highest BCUT2D eigenvalue weighted by Gasteiger charge is 2.30. The van der Waals surface area contributed by atoms with Gasteiger partial charge in [-0.05, 0) is 32.1 Å². The molecule has 3 fully saturated rings. The third-order valence-electron chi connectivity index (χ3n) is 5.60. The number of amides is 6. The van der Waals surface area contributed by atoms with E-state index in [9.17, 15) is 19.2 Å². The Labute approximate surface area is 159 Å². The van der Waals surface area contributed by atoms with Crippen molar-refractivity contribution in [1.29, 1.82) is 0 Å². The fraction of sp³-hybridized carbons (Fsp3) is 0.778. The summed E-state index contributed by atoms with van der Waals surface area (Å²) >= 11 is 0. The first kappa shape index (κ1) is 19.4. The number of hydrogen-bond donors (Lipinski definition) is 4. The van der Waals surface area contributed by atoms with E-state index >= 15 is 0 Å². The van der Waals surface area contributed by atoms with Crippen LogP contribution in [0, 0.1) is 0 Å². The molecule has 1 saturated carbocycles. The van der Waals surface area contributed by atoms with Gasteiger partial charge in [0.1, 0.15) is 6.04 Å². The number of imide groups is 1. The lowest BCUT2D eigenvalue weighted by atomic mass is 9.95. The molecule has 3 rings (SSSR count). The fourth-order valence-corrected chi connectivity index (χ4v) is 3.98. The normalized spacial score (nSPS) is 24.3. The zero-order valence-electron chi connectivity index (χ0n) is 15.6. The van der Waals surface area contributed by atoms with Gasteiger partial charge >= 0.3 is 12.1 Å². The zero-order valence-corrected chi connectivity index (χ0v) is 15.6. The molecule has 0 aromatic carbocycles. The molecule has 3 aliphatic rings. The van der Waals surface area contributed by atoms with Crippen molar-refractivity contribution in [3.05, 3.63) is 0 Å². The van der Waals surface area contributed by atoms with Crippen molar-refractivity contribution in [2.45, 2.75) is 75.9 Å². The second-order valence-electron chi connectivity index (χ2n) is 7.67. The molecule has 2 aliphatic heterocycles. The predicted octanol–water partition coefficient (Wildman–Crippen LogP) is 0.598. The molecule has 1 unspecified atom stereocenters. The average Bonchev–Trinajstić information content (AvgIpc) is 2.98. The molecule has 0 spiro atoms. The van der Waals surface area contributed by atoms with Gasteiger partial charge in [-0.25, -0.2) is 9.59 Å². The molecule has 2 saturated heterocycles. The summed E-state index contributed by atoms with van der Waals surface area (Å²) in [4.78, 5) is 48.8. The van der Waals surface area contributed by atoms with Gasteiger partial charge in [0, 0.05) is 31.6 Å². The highest BCUT2D eigenvalue weighted by Crippen LogP contribution is 2.18. The second kappa shape index (κ2) is 9.05. The van der Waals surface area contributed by atoms with Crippen molar-refractivity contribution in [2.24, 2.45) is 0 Å². The van der Waals surface area contributed by atoms with Crippen molar-refractivity contribution in [1.82, 2.24) is 26.2 Å². The maximum atomic E-state index is 12.4. The van der Waals surface area contributed by atoms with Crippen molar-refractivity contribution < 1.29 is 19.2 Å². The first-order chi connectivity index (χ1) is 13.0. The van der Waals surface area contributed by atoms with Gasteiger partial charge in [0.05, 0.1) is 0 Å². The number of piperidine rings is 1. The molecule has 150 valence electrons. The Balaban J connectivity index is 1.32. The van der Waals surface area contributed by atoms with Crippen molar-refractivity contribution >= 4 is 23.9 Å². The quantitative estimate of drug-likeness (QED) is 0.523. The summed E-state index contributed by atoms with van der Waals surface area (Å²) in [6.45, 7) is 1.26. The van der Waals surface area contributed by atoms with Crippen LogP contribution < -0.4 is 21.3 Å². The molecule has 1 atom stereocenters. The molecule has 0 radical (unpaired) electrons. The van der Waals surface area contributed by atoms with Crippen LogP contribution in [0.5, 0.6) is 0 Å². The van der Waals surface area contributed by atoms with Crippen LogP contribution in [-0.2, 0) is 9.59 Å². The van der Waals surface area contributed by atoms with E-state index in [1.807, 2.05) is 4.90 Å². The molecule has 27 heavy (non-hydrogen) atoms. The molecule has 6 amide bonds. The van der Waals surface area contributed by atoms with E-state index < -0.39 is 12.1 Å². The Morgan fingerprint density at radius 2 is 1.63 bits per heavy atom. The first-order valence-corrected chi connectivity index (χ1v) is 9.97. The van der Waals surface area contributed by atoms with Crippen LogP contribution in [0.3, 0.4) is 0 Å². The molecule has 0 aromatic heterocycles. The van der Waals surface area contributed by atoms with E-state index in [1.54, 1.807) is 0 Å². The molecule has 4 N–H and O–H groups in total. The van der Waals surface area contributed by atoms with Gasteiger partial charge in [-0.15, -0.1) is 0 Å². The Morgan fingerprint density at radius 1 is 0.963 bits per heavy atom. The summed E-state index contributed by atoms with van der Waals surface area (Å²) in [6, 6.07) is -0.785. The topological polar surface area (TPSA) is 120 Å². The zero-order chi connectivity index (χ0) is 19.2. The maximum Gasteiger partial charge on any atom is 0.322 e. The van der Waals surface area contributed by atoms with Crippen LogP contribution in [-0.4, -0.2) is 60.0 Å². The summed E-state index contributed by atoms with van der Waals surface area (Å²) in [7, 11) is 0. The third kappa shape index (κ3) is 5.58. The van der Waals surface area contributed by atoms with Gasteiger partial charge in [0.2, 0.25) is 5.91 Å². The number of rotatable bonds is 5. The van der Waals surface area contributed by atoms with E-state index in [0.717, 1.165) is 25.7 Å². The van der Waals surface area contributed by atoms with Crippen molar-refractivity contribution in [3.8, 4) is 0 Å². The second-order valence-corrected chi connectivity index (χ2v) is 7.67. The number of carbonyl (C=O) groups is 4. The number of nitrogens with zero attached hydrogens (tertiary/aromatic N) is 1. The highest BCUT2D eigenvalue weighted by molar-refractivity contribution is 6.04. The molecule has 0 aromatic rings. The number of carbonyl (C=O) groups excluding carboxylic acids is 4. The smallest absolute Gasteiger partial charge is 0.322 e. The Morgan fingerprint density at radius 3 is 2.26 bits per heavy atom. The Kier molecular flexibility index (Phi) is 6.52. The molecule has 9 nitrogen and oxygen atoms in total. The molecule has 2 heterocycles. The van der Waals surface area contributed by atoms with Gasteiger partial charge in [-0.1, -0.05) is 19.3 Å². The minimum absolute atomic E-state index is 0.00895. The van der Waals surface area contributed by atoms with Crippen LogP contribution in [0.25, 0.3) is 0 Å². The van der Waals surface area contributed by atoms with Gasteiger partial charge in [-0.2, -0.15) is 0 Å². The van der Waals surface area contributed by atoms with Crippen molar-refractivity contribution in [2.75, 3.05) is 13.1 Å². The lowest BCUT2D eigenvalue weighted by Gasteiger charge is -2.34. The third-order valence-corrected chi connectivity index (χ3v) is 5.60. The Hall–Kier alpha value is -2.32. The number of urea groups is 2. The van der Waals surface area contributed by atoms with E-state index in [2.05, 4.69) is 21.3 Å². The van der Waals surface area contributed by atoms with Crippen molar-refractivity contribution in [3.63, 3.8) is 0 Å². The van der Waals surface area contributed by atoms with Gasteiger partial charge in [0.15, 0.2) is 0 Å². The Bertz CT molecular complexity index is 582. The molecule has 1 aliphatic carbocycles. The van der Waals surface area contributed by atoms with E-state index in [4.69, 9.17) is 0 Å². The summed E-state index contributed by atoms with van der Waals surface area (Å²) in [5.74, 6) is -0.515. The number of likely N-dealkylation sites (tertiary alicyclic amines) is 1. The monoisotopic (exact) mass is 379 g/mol. The lowest BCUT2D eigenvalue weighted by molar-refractivity contribution is -0.122. The summed E-state index contributed by atoms with van der Waals surface area (Å²) in [6.07, 6.45) is 7.68. The van der Waals surface area contributed by atoms with E-state index in [1.165, 1.54) is 19.3 Å². The van der Waals surface area contributed by atoms with Crippen LogP contribution in [0.4, 0.5) is 9.59 Å². The minimum Gasteiger partial charge on any atom is -0.353 e. The maximum absolute atomic E-state index is 12.4. The van der Waals surface area contributed by atoms with Crippen LogP contribution in [0.2, 0.25) is 0 Å². The fourth-order valence-electron chi connectivity index (χ4n) is 3.98. The first-order valence-electron chi connectivity index (χ1n) is 9.97. The SMILES string of the molecule is O=C(CCC1NC(=O)NC1=O)NC1CCN(C(=O)NC2CCCCC2)CC1. The summed E-state index contributed by atoms with van der Waals surface area (Å²) in [5, 5.41) is 10.7. The molecule has 9 heteroatoms. The lowest BCUT2D eigenvalue weighted by Crippen LogP contribution is -2.51. The van der Waals surface area contributed by atoms with Gasteiger partial charge in [-0.3, -0.25) is 14.9 Å². The average molecular weight is 379 g/mol. The van der Waals surface area contributed by atoms with Gasteiger partial charge < -0.3 is 20.9 Å². The largest absolute Gasteiger partial charge is 0.353 e. The standard InChI is InChI=1S/C18H29N5O4/c24-15(7-6-14-16(25)22-17(26)21-14)19-13-8-10-23(11-9-13)18(27)20-12-4-2-1-3-5-12/h12-14H,1-11H2,(H,19,24)(H,20,27)(H2,21,22,25,26). The molecular weight excluding hydrogens is 350 g/mol. The summed E-state index contributed by atoms with van der Waals surface area (Å²) in [5.41, 5.74) is 0. The molecular formula is C18H29N5O4. The van der Waals surface area contributed by atoms with Gasteiger partial charge in [0.25, 0.3) is 5.91 Å². The van der Waals surface area contributed by atoms with E-state index in [-0.39, 0.29) is 36.7 Å². The summed E-state index contributed by atoms with van der Waals surface area (Å²) < 4.78 is 0. The molecule has 0 bridgehead atoms. The van der Waals surface area contributed by atoms with Crippen LogP contribution >= 0.6 is 0 Å². The predicted molar refractivity (Wildman–Crippen MR) is 97.8 cm³/mol. The minimum atomic E-state index is -0.631. The highest BCUT2D eigenvalue weighted by atomic mass is 16.2. The van der Waals surface area contributed by atoms with Crippen LogP contribution in [0.1, 0.15) is 57.8 Å². The number of hydrogen-bond acceptors (Lipinski definition) is 4. The number of nitrogens with one attached hydrogen (secondary N) is 4. The van der Waals surface area contributed by atoms with Crippen LogP contribution in [0.15, 0.2) is 0 Å².